The van der Waals surface area contributed by atoms with E-state index in [0.717, 1.165) is 43.4 Å². The summed E-state index contributed by atoms with van der Waals surface area (Å²) < 4.78 is 1.36. The zero-order valence-corrected chi connectivity index (χ0v) is 18.6. The van der Waals surface area contributed by atoms with Gasteiger partial charge >= 0.3 is 5.69 Å². The van der Waals surface area contributed by atoms with Crippen molar-refractivity contribution in [3.8, 4) is 0 Å². The van der Waals surface area contributed by atoms with Gasteiger partial charge in [-0.2, -0.15) is 0 Å². The van der Waals surface area contributed by atoms with Crippen molar-refractivity contribution in [3.05, 3.63) is 50.1 Å². The van der Waals surface area contributed by atoms with E-state index >= 15 is 0 Å². The molecule has 0 aliphatic heterocycles. The minimum absolute atomic E-state index is 0.0638. The molecule has 7 nitrogen and oxygen atoms in total. The largest absolute Gasteiger partial charge is 0.383 e. The van der Waals surface area contributed by atoms with Gasteiger partial charge in [-0.15, -0.1) is 11.8 Å². The number of amides is 1. The third-order valence-electron chi connectivity index (χ3n) is 5.32. The number of unbranched alkanes of at least 4 members (excludes halogenated alkanes) is 1. The van der Waals surface area contributed by atoms with E-state index < -0.39 is 11.2 Å². The Hall–Kier alpha value is -2.19. The number of hydrogen-bond acceptors (Lipinski definition) is 5. The molecule has 9 heteroatoms. The number of H-pyrrole nitrogens is 1. The number of carbonyl (C=O) groups is 1. The summed E-state index contributed by atoms with van der Waals surface area (Å²) in [5, 5.41) is 0.631. The third kappa shape index (κ3) is 5.10. The number of aromatic nitrogens is 2. The molecule has 0 spiro atoms. The fraction of sp³-hybridized carbons (Fsp3) is 0.476. The summed E-state index contributed by atoms with van der Waals surface area (Å²) in [6, 6.07) is 7.16. The van der Waals surface area contributed by atoms with Crippen molar-refractivity contribution in [2.24, 2.45) is 0 Å². The molecule has 1 aromatic carbocycles. The van der Waals surface area contributed by atoms with Crippen LogP contribution in [0.15, 0.2) is 38.8 Å². The van der Waals surface area contributed by atoms with Crippen molar-refractivity contribution in [1.29, 1.82) is 0 Å². The van der Waals surface area contributed by atoms with Gasteiger partial charge in [-0.3, -0.25) is 19.1 Å². The third-order valence-corrected chi connectivity index (χ3v) is 6.57. The number of benzene rings is 1. The molecular formula is C21H27ClN4O3S. The minimum atomic E-state index is -0.609. The molecule has 2 aromatic rings. The van der Waals surface area contributed by atoms with Crippen molar-refractivity contribution >= 4 is 40.8 Å². The molecule has 1 heterocycles. The van der Waals surface area contributed by atoms with Gasteiger partial charge in [-0.25, -0.2) is 4.79 Å². The Morgan fingerprint density at radius 1 is 1.27 bits per heavy atom. The summed E-state index contributed by atoms with van der Waals surface area (Å²) in [4.78, 5) is 43.1. The number of hydrogen-bond donors (Lipinski definition) is 2. The Bertz CT molecular complexity index is 997. The van der Waals surface area contributed by atoms with E-state index in [9.17, 15) is 14.4 Å². The van der Waals surface area contributed by atoms with Gasteiger partial charge in [0.05, 0.1) is 5.75 Å². The molecule has 1 amide bonds. The lowest BCUT2D eigenvalue weighted by atomic mass is 10.2. The molecule has 3 N–H and O–H groups in total. The Morgan fingerprint density at radius 2 is 1.93 bits per heavy atom. The van der Waals surface area contributed by atoms with Gasteiger partial charge < -0.3 is 10.6 Å². The van der Waals surface area contributed by atoms with Crippen molar-refractivity contribution in [3.63, 3.8) is 0 Å². The van der Waals surface area contributed by atoms with E-state index in [-0.39, 0.29) is 29.2 Å². The Morgan fingerprint density at radius 3 is 2.57 bits per heavy atom. The van der Waals surface area contributed by atoms with E-state index in [1.54, 1.807) is 12.1 Å². The lowest BCUT2D eigenvalue weighted by Gasteiger charge is -2.30. The van der Waals surface area contributed by atoms with Crippen LogP contribution in [0.3, 0.4) is 0 Å². The van der Waals surface area contributed by atoms with E-state index in [2.05, 4.69) is 4.98 Å². The predicted octanol–water partition coefficient (Wildman–Crippen LogP) is 3.64. The number of nitrogens with zero attached hydrogens (tertiary/aromatic N) is 2. The molecule has 0 bridgehead atoms. The van der Waals surface area contributed by atoms with E-state index in [1.807, 2.05) is 19.1 Å². The van der Waals surface area contributed by atoms with Gasteiger partial charge in [-0.05, 0) is 43.5 Å². The summed E-state index contributed by atoms with van der Waals surface area (Å²) in [5.74, 6) is 0.0270. The molecule has 0 atom stereocenters. The van der Waals surface area contributed by atoms with Gasteiger partial charge in [0.2, 0.25) is 5.91 Å². The highest BCUT2D eigenvalue weighted by Gasteiger charge is 2.32. The summed E-state index contributed by atoms with van der Waals surface area (Å²) >= 11 is 7.31. The van der Waals surface area contributed by atoms with Gasteiger partial charge in [0.1, 0.15) is 5.82 Å². The smallest absolute Gasteiger partial charge is 0.330 e. The maximum atomic E-state index is 13.3. The van der Waals surface area contributed by atoms with Crippen LogP contribution in [-0.4, -0.2) is 27.3 Å². The Kier molecular flexibility index (Phi) is 7.66. The van der Waals surface area contributed by atoms with E-state index in [1.165, 1.54) is 21.2 Å². The van der Waals surface area contributed by atoms with Crippen LogP contribution in [0.25, 0.3) is 0 Å². The average Bonchev–Trinajstić information content (AvgIpc) is 3.24. The molecule has 0 saturated heterocycles. The van der Waals surface area contributed by atoms with E-state index in [4.69, 9.17) is 17.3 Å². The molecule has 162 valence electrons. The normalized spacial score (nSPS) is 14.2. The molecule has 0 radical (unpaired) electrons. The highest BCUT2D eigenvalue weighted by molar-refractivity contribution is 8.00. The molecule has 1 saturated carbocycles. The molecule has 0 unspecified atom stereocenters. The number of nitrogen functional groups attached to an aromatic ring is 1. The van der Waals surface area contributed by atoms with Crippen LogP contribution in [0.5, 0.6) is 0 Å². The SMILES string of the molecule is CCCCn1c(N)c(N(C(=O)CSc2ccc(Cl)cc2)C2CCCC2)c(=O)[nH]c1=O. The summed E-state index contributed by atoms with van der Waals surface area (Å²) in [6.45, 7) is 2.41. The highest BCUT2D eigenvalue weighted by Crippen LogP contribution is 2.31. The standard InChI is InChI=1S/C21H27ClN4O3S/c1-2-3-12-25-19(23)18(20(28)24-21(25)29)26(15-6-4-5-7-15)17(27)13-30-16-10-8-14(22)9-11-16/h8-11,15H,2-7,12-13,23H2,1H3,(H,24,28,29). The fourth-order valence-electron chi connectivity index (χ4n) is 3.77. The topological polar surface area (TPSA) is 101 Å². The first kappa shape index (κ1) is 22.5. The van der Waals surface area contributed by atoms with Crippen molar-refractivity contribution in [1.82, 2.24) is 9.55 Å². The summed E-state index contributed by atoms with van der Waals surface area (Å²) in [5.41, 5.74) is 5.23. The number of aromatic amines is 1. The number of nitrogens with two attached hydrogens (primary N) is 1. The van der Waals surface area contributed by atoms with Crippen LogP contribution in [0.1, 0.15) is 45.4 Å². The zero-order valence-electron chi connectivity index (χ0n) is 17.0. The Balaban J connectivity index is 1.93. The lowest BCUT2D eigenvalue weighted by Crippen LogP contribution is -2.46. The fourth-order valence-corrected chi connectivity index (χ4v) is 4.65. The van der Waals surface area contributed by atoms with Gasteiger partial charge in [-0.1, -0.05) is 37.8 Å². The second-order valence-corrected chi connectivity index (χ2v) is 8.93. The maximum Gasteiger partial charge on any atom is 0.330 e. The summed E-state index contributed by atoms with van der Waals surface area (Å²) in [6.07, 6.45) is 5.23. The molecular weight excluding hydrogens is 424 g/mol. The predicted molar refractivity (Wildman–Crippen MR) is 123 cm³/mol. The first-order valence-corrected chi connectivity index (χ1v) is 11.6. The molecule has 1 fully saturated rings. The quantitative estimate of drug-likeness (QED) is 0.598. The van der Waals surface area contributed by atoms with Crippen molar-refractivity contribution in [2.75, 3.05) is 16.4 Å². The van der Waals surface area contributed by atoms with Crippen LogP contribution in [0, 0.1) is 0 Å². The van der Waals surface area contributed by atoms with E-state index in [0.29, 0.717) is 11.6 Å². The second-order valence-electron chi connectivity index (χ2n) is 7.44. The van der Waals surface area contributed by atoms with Gasteiger partial charge in [0.15, 0.2) is 5.69 Å². The van der Waals surface area contributed by atoms with Crippen molar-refractivity contribution < 1.29 is 4.79 Å². The maximum absolute atomic E-state index is 13.3. The molecule has 3 rings (SSSR count). The molecule has 30 heavy (non-hydrogen) atoms. The molecule has 1 aliphatic carbocycles. The van der Waals surface area contributed by atoms with Crippen LogP contribution in [0.2, 0.25) is 5.02 Å². The Labute approximate surface area is 184 Å². The first-order chi connectivity index (χ1) is 14.4. The minimum Gasteiger partial charge on any atom is -0.383 e. The number of anilines is 2. The van der Waals surface area contributed by atoms with Gasteiger partial charge in [0, 0.05) is 22.5 Å². The zero-order chi connectivity index (χ0) is 21.7. The molecule has 1 aliphatic rings. The highest BCUT2D eigenvalue weighted by atomic mass is 35.5. The number of rotatable bonds is 8. The second kappa shape index (κ2) is 10.2. The lowest BCUT2D eigenvalue weighted by molar-refractivity contribution is -0.116. The molecule has 1 aromatic heterocycles. The van der Waals surface area contributed by atoms with Crippen LogP contribution in [0.4, 0.5) is 11.5 Å². The number of thioether (sulfide) groups is 1. The van der Waals surface area contributed by atoms with Gasteiger partial charge in [0.25, 0.3) is 5.56 Å². The first-order valence-electron chi connectivity index (χ1n) is 10.3. The van der Waals surface area contributed by atoms with Crippen LogP contribution >= 0.6 is 23.4 Å². The van der Waals surface area contributed by atoms with Crippen molar-refractivity contribution in [2.45, 2.75) is 62.9 Å². The number of nitrogens with one attached hydrogen (secondary N) is 1. The van der Waals surface area contributed by atoms with Crippen LogP contribution in [-0.2, 0) is 11.3 Å². The average molecular weight is 451 g/mol. The number of halogens is 1. The monoisotopic (exact) mass is 450 g/mol. The summed E-state index contributed by atoms with van der Waals surface area (Å²) in [7, 11) is 0. The number of carbonyl (C=O) groups excluding carboxylic acids is 1. The van der Waals surface area contributed by atoms with Crippen LogP contribution < -0.4 is 21.9 Å².